The van der Waals surface area contributed by atoms with Crippen molar-refractivity contribution in [3.8, 4) is 17.2 Å². The molecule has 39 heavy (non-hydrogen) atoms. The van der Waals surface area contributed by atoms with Crippen molar-refractivity contribution in [3.05, 3.63) is 29.3 Å². The number of aromatic hydroxyl groups is 1. The highest BCUT2D eigenvalue weighted by molar-refractivity contribution is 6.17. The number of allylic oxidation sites excluding steroid dienone is 2. The number of ether oxygens (including phenoxy) is 4. The summed E-state index contributed by atoms with van der Waals surface area (Å²) in [6, 6.07) is 2.65. The lowest BCUT2D eigenvalue weighted by Gasteiger charge is -2.44. The SMILES string of the molecule is COC(=O)N1C(=O)C2CC=C3C(CC4C(=O)N(C(=O)OC)C(=O)C4C3c3c(OC)cc(O)cc3OC)C2C1=O. The maximum Gasteiger partial charge on any atom is 0.423 e. The fourth-order valence-electron chi connectivity index (χ4n) is 6.68. The molecule has 206 valence electrons. The molecule has 5 rings (SSSR count). The molecule has 0 bridgehead atoms. The average Bonchev–Trinajstić information content (AvgIpc) is 3.34. The van der Waals surface area contributed by atoms with Gasteiger partial charge in [-0.1, -0.05) is 11.6 Å². The third kappa shape index (κ3) is 3.59. The Balaban J connectivity index is 1.71. The van der Waals surface area contributed by atoms with Crippen molar-refractivity contribution >= 4 is 35.8 Å². The highest BCUT2D eigenvalue weighted by atomic mass is 16.6. The van der Waals surface area contributed by atoms with Gasteiger partial charge in [0.2, 0.25) is 23.6 Å². The Hall–Kier alpha value is -4.42. The molecule has 0 aromatic heterocycles. The molecule has 1 saturated carbocycles. The average molecular weight is 542 g/mol. The van der Waals surface area contributed by atoms with Gasteiger partial charge in [0, 0.05) is 23.6 Å². The van der Waals surface area contributed by atoms with Crippen molar-refractivity contribution in [2.75, 3.05) is 28.4 Å². The number of benzene rings is 1. The van der Waals surface area contributed by atoms with E-state index in [9.17, 15) is 33.9 Å². The van der Waals surface area contributed by atoms with Crippen LogP contribution in [0.3, 0.4) is 0 Å². The molecule has 4 aliphatic rings. The molecule has 1 N–H and O–H groups in total. The molecule has 6 atom stereocenters. The summed E-state index contributed by atoms with van der Waals surface area (Å²) in [4.78, 5) is 79.3. The van der Waals surface area contributed by atoms with E-state index in [1.54, 1.807) is 6.08 Å². The van der Waals surface area contributed by atoms with Crippen LogP contribution in [0.1, 0.15) is 24.3 Å². The lowest BCUT2D eigenvalue weighted by Crippen LogP contribution is -2.43. The molecule has 13 heteroatoms. The maximum absolute atomic E-state index is 13.7. The van der Waals surface area contributed by atoms with Crippen molar-refractivity contribution in [1.29, 1.82) is 0 Å². The van der Waals surface area contributed by atoms with Crippen LogP contribution in [0.25, 0.3) is 0 Å². The summed E-state index contributed by atoms with van der Waals surface area (Å²) in [5.74, 6) is -8.57. The zero-order chi connectivity index (χ0) is 28.3. The second-order valence-corrected chi connectivity index (χ2v) is 9.75. The number of likely N-dealkylation sites (tertiary alicyclic amines) is 2. The molecule has 1 aromatic carbocycles. The second-order valence-electron chi connectivity index (χ2n) is 9.75. The Morgan fingerprint density at radius 3 is 1.79 bits per heavy atom. The molecule has 6 amide bonds. The molecular formula is C26H26N2O11. The first-order valence-electron chi connectivity index (χ1n) is 12.2. The normalized spacial score (nSPS) is 29.4. The summed E-state index contributed by atoms with van der Waals surface area (Å²) in [6.45, 7) is 0. The summed E-state index contributed by atoms with van der Waals surface area (Å²) in [6.07, 6.45) is -0.432. The predicted molar refractivity (Wildman–Crippen MR) is 127 cm³/mol. The number of carbonyl (C=O) groups excluding carboxylic acids is 6. The van der Waals surface area contributed by atoms with E-state index in [2.05, 4.69) is 4.74 Å². The first kappa shape index (κ1) is 26.2. The summed E-state index contributed by atoms with van der Waals surface area (Å²) in [7, 11) is 4.82. The molecular weight excluding hydrogens is 516 g/mol. The van der Waals surface area contributed by atoms with Crippen LogP contribution >= 0.6 is 0 Å². The van der Waals surface area contributed by atoms with E-state index in [-0.39, 0.29) is 30.1 Å². The van der Waals surface area contributed by atoms with Crippen molar-refractivity contribution in [3.63, 3.8) is 0 Å². The molecule has 13 nitrogen and oxygen atoms in total. The van der Waals surface area contributed by atoms with Gasteiger partial charge >= 0.3 is 12.2 Å². The van der Waals surface area contributed by atoms with Gasteiger partial charge in [-0.05, 0) is 18.8 Å². The van der Waals surface area contributed by atoms with Gasteiger partial charge < -0.3 is 24.1 Å². The third-order valence-electron chi connectivity index (χ3n) is 8.20. The summed E-state index contributed by atoms with van der Waals surface area (Å²) >= 11 is 0. The van der Waals surface area contributed by atoms with Crippen molar-refractivity contribution < 1.29 is 52.8 Å². The standard InChI is InChI=1S/C26H26N2O11/c1-36-15-7-10(29)8-16(37-2)20(15)18-11-5-6-12-17(23(32)27(21(12)30)25(34)38-3)13(11)9-14-19(18)24(33)28(22(14)31)26(35)39-4/h5,7-8,12-14,17-19,29H,6,9H2,1-4H3. The van der Waals surface area contributed by atoms with Gasteiger partial charge in [0.25, 0.3) is 0 Å². The fourth-order valence-corrected chi connectivity index (χ4v) is 6.68. The Morgan fingerprint density at radius 1 is 0.769 bits per heavy atom. The van der Waals surface area contributed by atoms with E-state index >= 15 is 0 Å². The quantitative estimate of drug-likeness (QED) is 0.435. The first-order chi connectivity index (χ1) is 18.6. The molecule has 1 aromatic rings. The van der Waals surface area contributed by atoms with Gasteiger partial charge in [-0.2, -0.15) is 9.80 Å². The minimum absolute atomic E-state index is 0.0248. The number of methoxy groups -OCH3 is 4. The number of nitrogens with zero attached hydrogens (tertiary/aromatic N) is 2. The first-order valence-corrected chi connectivity index (χ1v) is 12.2. The Morgan fingerprint density at radius 2 is 1.28 bits per heavy atom. The van der Waals surface area contributed by atoms with Gasteiger partial charge in [-0.15, -0.1) is 0 Å². The number of fused-ring (bicyclic) bond motifs is 4. The summed E-state index contributed by atoms with van der Waals surface area (Å²) in [5, 5.41) is 10.2. The molecule has 6 unspecified atom stereocenters. The predicted octanol–water partition coefficient (Wildman–Crippen LogP) is 1.58. The number of amides is 6. The van der Waals surface area contributed by atoms with Crippen LogP contribution in [0.15, 0.2) is 23.8 Å². The van der Waals surface area contributed by atoms with Crippen LogP contribution in [0, 0.1) is 29.6 Å². The molecule has 3 fully saturated rings. The van der Waals surface area contributed by atoms with Crippen molar-refractivity contribution in [2.45, 2.75) is 18.8 Å². The zero-order valence-electron chi connectivity index (χ0n) is 21.5. The molecule has 2 heterocycles. The van der Waals surface area contributed by atoms with E-state index in [1.807, 2.05) is 0 Å². The largest absolute Gasteiger partial charge is 0.508 e. The highest BCUT2D eigenvalue weighted by Crippen LogP contribution is 2.60. The van der Waals surface area contributed by atoms with Crippen LogP contribution in [0.4, 0.5) is 9.59 Å². The van der Waals surface area contributed by atoms with Crippen LogP contribution in [0.2, 0.25) is 0 Å². The Bertz CT molecular complexity index is 1330. The van der Waals surface area contributed by atoms with Gasteiger partial charge in [0.15, 0.2) is 0 Å². The second kappa shape index (κ2) is 9.40. The monoisotopic (exact) mass is 542 g/mol. The zero-order valence-corrected chi connectivity index (χ0v) is 21.5. The van der Waals surface area contributed by atoms with E-state index in [0.29, 0.717) is 20.9 Å². The molecule has 2 aliphatic heterocycles. The summed E-state index contributed by atoms with van der Waals surface area (Å²) < 4.78 is 20.4. The van der Waals surface area contributed by atoms with E-state index < -0.39 is 71.3 Å². The summed E-state index contributed by atoms with van der Waals surface area (Å²) in [5.41, 5.74) is 0.900. The van der Waals surface area contributed by atoms with Crippen LogP contribution in [-0.2, 0) is 28.7 Å². The van der Waals surface area contributed by atoms with E-state index in [0.717, 1.165) is 14.2 Å². The molecule has 0 spiro atoms. The number of rotatable bonds is 3. The molecule has 2 saturated heterocycles. The maximum atomic E-state index is 13.7. The lowest BCUT2D eigenvalue weighted by molar-refractivity contribution is -0.139. The van der Waals surface area contributed by atoms with Crippen LogP contribution < -0.4 is 9.47 Å². The smallest absolute Gasteiger partial charge is 0.423 e. The number of phenols is 1. The number of phenolic OH excluding ortho intramolecular Hbond substituents is 1. The Labute approximate surface area is 222 Å². The van der Waals surface area contributed by atoms with E-state index in [1.165, 1.54) is 26.4 Å². The topological polar surface area (TPSA) is 166 Å². The van der Waals surface area contributed by atoms with E-state index in [4.69, 9.17) is 14.2 Å². The molecule has 0 radical (unpaired) electrons. The van der Waals surface area contributed by atoms with Gasteiger partial charge in [0.05, 0.1) is 52.1 Å². The van der Waals surface area contributed by atoms with Crippen molar-refractivity contribution in [2.24, 2.45) is 29.6 Å². The van der Waals surface area contributed by atoms with Crippen LogP contribution in [-0.4, -0.2) is 79.2 Å². The third-order valence-corrected chi connectivity index (χ3v) is 8.20. The molecule has 2 aliphatic carbocycles. The van der Waals surface area contributed by atoms with Gasteiger partial charge in [-0.3, -0.25) is 19.2 Å². The van der Waals surface area contributed by atoms with Crippen LogP contribution in [0.5, 0.6) is 17.2 Å². The minimum atomic E-state index is -1.14. The number of hydrogen-bond donors (Lipinski definition) is 1. The number of carbonyl (C=O) groups is 6. The van der Waals surface area contributed by atoms with Gasteiger partial charge in [0.1, 0.15) is 17.2 Å². The number of hydrogen-bond acceptors (Lipinski definition) is 11. The lowest BCUT2D eigenvalue weighted by atomic mass is 9.57. The van der Waals surface area contributed by atoms with Gasteiger partial charge in [-0.25, -0.2) is 9.59 Å². The fraction of sp³-hybridized carbons (Fsp3) is 0.462. The Kier molecular flexibility index (Phi) is 6.31. The highest BCUT2D eigenvalue weighted by Gasteiger charge is 2.64. The minimum Gasteiger partial charge on any atom is -0.508 e. The number of imide groups is 6. The van der Waals surface area contributed by atoms with Crippen molar-refractivity contribution in [1.82, 2.24) is 9.80 Å².